The summed E-state index contributed by atoms with van der Waals surface area (Å²) in [6, 6.07) is 5.85. The van der Waals surface area contributed by atoms with Gasteiger partial charge in [-0.25, -0.2) is 15.3 Å². The summed E-state index contributed by atoms with van der Waals surface area (Å²) in [4.78, 5) is 20.4. The maximum atomic E-state index is 11.5. The number of ether oxygens (including phenoxy) is 1. The van der Waals surface area contributed by atoms with Crippen molar-refractivity contribution in [3.63, 3.8) is 0 Å². The maximum Gasteiger partial charge on any atom is 0.345 e. The molecule has 1 aromatic carbocycles. The van der Waals surface area contributed by atoms with Crippen LogP contribution in [0.4, 0.5) is 0 Å². The fourth-order valence-corrected chi connectivity index (χ4v) is 2.75. The Morgan fingerprint density at radius 2 is 2.27 bits per heavy atom. The molecule has 0 fully saturated rings. The zero-order valence-corrected chi connectivity index (χ0v) is 12.1. The molecule has 6 nitrogen and oxygen atoms in total. The number of benzene rings is 1. The van der Waals surface area contributed by atoms with Gasteiger partial charge in [0.2, 0.25) is 6.10 Å². The van der Waals surface area contributed by atoms with E-state index in [1.54, 1.807) is 0 Å². The van der Waals surface area contributed by atoms with Gasteiger partial charge in [-0.05, 0) is 42.9 Å². The van der Waals surface area contributed by atoms with Crippen molar-refractivity contribution in [2.45, 2.75) is 38.2 Å². The zero-order chi connectivity index (χ0) is 15.4. The molecule has 0 bridgehead atoms. The lowest BCUT2D eigenvalue weighted by atomic mass is 9.91. The van der Waals surface area contributed by atoms with Gasteiger partial charge in [0.05, 0.1) is 5.70 Å². The molecular weight excluding hydrogens is 284 g/mol. The summed E-state index contributed by atoms with van der Waals surface area (Å²) >= 11 is 0. The lowest BCUT2D eigenvalue weighted by molar-refractivity contribution is -0.145. The Hall–Kier alpha value is -2.50. The molecule has 0 radical (unpaired) electrons. The zero-order valence-electron chi connectivity index (χ0n) is 12.1. The Labute approximate surface area is 128 Å². The first-order valence-electron chi connectivity index (χ1n) is 7.37. The van der Waals surface area contributed by atoms with Gasteiger partial charge in [-0.2, -0.15) is 0 Å². The summed E-state index contributed by atoms with van der Waals surface area (Å²) in [5, 5.41) is 9.41. The van der Waals surface area contributed by atoms with Crippen molar-refractivity contribution in [1.29, 1.82) is 0 Å². The van der Waals surface area contributed by atoms with Crippen LogP contribution in [0.15, 0.2) is 35.2 Å². The first-order chi connectivity index (χ1) is 10.7. The highest BCUT2D eigenvalue weighted by molar-refractivity contribution is 5.73. The number of aliphatic imine (C=N–C) groups is 1. The van der Waals surface area contributed by atoms with Crippen LogP contribution in [0.2, 0.25) is 0 Å². The van der Waals surface area contributed by atoms with Crippen molar-refractivity contribution < 1.29 is 19.5 Å². The summed E-state index contributed by atoms with van der Waals surface area (Å²) in [6.07, 6.45) is 6.17. The van der Waals surface area contributed by atoms with Crippen LogP contribution in [0.25, 0.3) is 0 Å². The van der Waals surface area contributed by atoms with Gasteiger partial charge in [0.15, 0.2) is 0 Å². The third-order valence-corrected chi connectivity index (χ3v) is 3.84. The number of aryl methyl sites for hydroxylation is 1. The molecular formula is C16H18N2O4. The predicted molar refractivity (Wildman–Crippen MR) is 80.5 cm³/mol. The molecule has 22 heavy (non-hydrogen) atoms. The van der Waals surface area contributed by atoms with Gasteiger partial charge >= 0.3 is 5.97 Å². The second kappa shape index (κ2) is 6.51. The third kappa shape index (κ3) is 3.21. The number of hydrogen-bond donors (Lipinski definition) is 2. The van der Waals surface area contributed by atoms with Crippen LogP contribution in [-0.2, 0) is 22.5 Å². The van der Waals surface area contributed by atoms with Crippen LogP contribution in [0.3, 0.4) is 0 Å². The number of fused-ring (bicyclic) bond motifs is 1. The Bertz CT molecular complexity index is 625. The minimum atomic E-state index is -1.01. The van der Waals surface area contributed by atoms with Gasteiger partial charge in [0.1, 0.15) is 18.4 Å². The monoisotopic (exact) mass is 302 g/mol. The van der Waals surface area contributed by atoms with Crippen LogP contribution < -0.4 is 10.2 Å². The van der Waals surface area contributed by atoms with Gasteiger partial charge in [0, 0.05) is 6.42 Å². The van der Waals surface area contributed by atoms with E-state index >= 15 is 0 Å². The fraction of sp³-hybridized carbons (Fsp3) is 0.375. The molecule has 0 saturated carbocycles. The van der Waals surface area contributed by atoms with Crippen molar-refractivity contribution in [1.82, 2.24) is 5.48 Å². The number of nitrogens with one attached hydrogen (secondary N) is 1. The molecule has 1 aliphatic carbocycles. The molecule has 2 aliphatic rings. The van der Waals surface area contributed by atoms with E-state index in [0.717, 1.165) is 24.8 Å². The Morgan fingerprint density at radius 3 is 3.05 bits per heavy atom. The normalized spacial score (nSPS) is 17.5. The van der Waals surface area contributed by atoms with Crippen molar-refractivity contribution in [2.24, 2.45) is 4.99 Å². The van der Waals surface area contributed by atoms with E-state index in [1.807, 2.05) is 12.1 Å². The van der Waals surface area contributed by atoms with Gasteiger partial charge in [-0.3, -0.25) is 0 Å². The summed E-state index contributed by atoms with van der Waals surface area (Å²) in [5.74, 6) is -0.341. The molecule has 1 aromatic rings. The smallest absolute Gasteiger partial charge is 0.345 e. The first-order valence-corrected chi connectivity index (χ1v) is 7.37. The first kappa shape index (κ1) is 14.4. The number of aliphatic carboxylic acids is 1. The summed E-state index contributed by atoms with van der Waals surface area (Å²) in [5.41, 5.74) is 5.37. The molecule has 1 aliphatic heterocycles. The molecule has 3 rings (SSSR count). The highest BCUT2D eigenvalue weighted by atomic mass is 16.6. The van der Waals surface area contributed by atoms with Gasteiger partial charge in [-0.1, -0.05) is 12.1 Å². The highest BCUT2D eigenvalue weighted by Gasteiger charge is 2.24. The van der Waals surface area contributed by atoms with Crippen molar-refractivity contribution in [2.75, 3.05) is 0 Å². The Morgan fingerprint density at radius 1 is 1.41 bits per heavy atom. The van der Waals surface area contributed by atoms with E-state index in [2.05, 4.69) is 16.5 Å². The number of nitrogens with zero attached hydrogens (tertiary/aromatic N) is 1. The average molecular weight is 302 g/mol. The van der Waals surface area contributed by atoms with Crippen LogP contribution in [-0.4, -0.2) is 23.5 Å². The average Bonchev–Trinajstić information content (AvgIpc) is 2.55. The van der Waals surface area contributed by atoms with Crippen molar-refractivity contribution in [3.05, 3.63) is 41.3 Å². The lowest BCUT2D eigenvalue weighted by Gasteiger charge is -2.22. The van der Waals surface area contributed by atoms with Crippen molar-refractivity contribution >= 4 is 12.3 Å². The van der Waals surface area contributed by atoms with Gasteiger partial charge in [-0.15, -0.1) is 0 Å². The van der Waals surface area contributed by atoms with Crippen molar-refractivity contribution in [3.8, 4) is 5.75 Å². The molecule has 0 aromatic heterocycles. The fourth-order valence-electron chi connectivity index (χ4n) is 2.75. The van der Waals surface area contributed by atoms with Gasteiger partial charge < -0.3 is 14.7 Å². The maximum absolute atomic E-state index is 11.5. The quantitative estimate of drug-likeness (QED) is 0.871. The second-order valence-electron chi connectivity index (χ2n) is 5.35. The number of rotatable bonds is 5. The van der Waals surface area contributed by atoms with Gasteiger partial charge in [0.25, 0.3) is 0 Å². The Kier molecular flexibility index (Phi) is 4.27. The van der Waals surface area contributed by atoms with Crippen LogP contribution in [0, 0.1) is 0 Å². The molecule has 2 N–H and O–H groups in total. The molecule has 0 amide bonds. The van der Waals surface area contributed by atoms with E-state index in [0.29, 0.717) is 11.4 Å². The van der Waals surface area contributed by atoms with E-state index in [-0.39, 0.29) is 6.42 Å². The number of carboxylic acids is 1. The topological polar surface area (TPSA) is 80.2 Å². The standard InChI is InChI=1S/C16H18N2O4/c19-16(20)15(8-12-9-21-18-10-17-12)22-14-7-3-5-11-4-1-2-6-13(11)14/h3,5,7,9-10,15H,1-2,4,6,8H2,(H,17,18)(H,19,20). The molecule has 0 saturated heterocycles. The second-order valence-corrected chi connectivity index (χ2v) is 5.35. The molecule has 6 heteroatoms. The number of hydrogen-bond acceptors (Lipinski definition) is 5. The third-order valence-electron chi connectivity index (χ3n) is 3.84. The minimum absolute atomic E-state index is 0.150. The number of carbonyl (C=O) groups is 1. The largest absolute Gasteiger partial charge is 0.478 e. The molecule has 1 atom stereocenters. The predicted octanol–water partition coefficient (Wildman–Crippen LogP) is 2.19. The van der Waals surface area contributed by atoms with E-state index < -0.39 is 12.1 Å². The molecule has 1 heterocycles. The van der Waals surface area contributed by atoms with E-state index in [4.69, 9.17) is 9.57 Å². The molecule has 1 unspecified atom stereocenters. The van der Waals surface area contributed by atoms with Crippen LogP contribution in [0.1, 0.15) is 30.4 Å². The molecule has 116 valence electrons. The van der Waals surface area contributed by atoms with E-state index in [9.17, 15) is 9.90 Å². The lowest BCUT2D eigenvalue weighted by Crippen LogP contribution is -2.29. The van der Waals surface area contributed by atoms with E-state index in [1.165, 1.54) is 24.6 Å². The highest BCUT2D eigenvalue weighted by Crippen LogP contribution is 2.30. The SMILES string of the molecule is O=C(O)C(CC1=CONC=N1)Oc1cccc2c1CCCC2. The Balaban J connectivity index is 1.78. The summed E-state index contributed by atoms with van der Waals surface area (Å²) < 4.78 is 5.79. The summed E-state index contributed by atoms with van der Waals surface area (Å²) in [6.45, 7) is 0. The summed E-state index contributed by atoms with van der Waals surface area (Å²) in [7, 11) is 0. The van der Waals surface area contributed by atoms with Crippen LogP contribution >= 0.6 is 0 Å². The number of carboxylic acid groups (broad SMARTS) is 1. The minimum Gasteiger partial charge on any atom is -0.478 e. The number of hydroxylamine groups is 1. The molecule has 0 spiro atoms. The van der Waals surface area contributed by atoms with Crippen LogP contribution in [0.5, 0.6) is 5.75 Å².